The minimum atomic E-state index is 0.797. The van der Waals surface area contributed by atoms with Crippen molar-refractivity contribution in [1.82, 2.24) is 4.90 Å². The van der Waals surface area contributed by atoms with Gasteiger partial charge in [-0.05, 0) is 32.2 Å². The fourth-order valence-corrected chi connectivity index (χ4v) is 1.76. The second-order valence-corrected chi connectivity index (χ2v) is 3.98. The van der Waals surface area contributed by atoms with Gasteiger partial charge in [-0.2, -0.15) is 0 Å². The van der Waals surface area contributed by atoms with Crippen LogP contribution in [0.1, 0.15) is 27.2 Å². The molecule has 3 atom stereocenters. The number of likely N-dealkylation sites (tertiary alicyclic amines) is 1. The van der Waals surface area contributed by atoms with E-state index in [2.05, 4.69) is 32.7 Å². The van der Waals surface area contributed by atoms with Crippen LogP contribution in [0.5, 0.6) is 0 Å². The van der Waals surface area contributed by atoms with Crippen molar-refractivity contribution in [3.63, 3.8) is 0 Å². The van der Waals surface area contributed by atoms with Crippen molar-refractivity contribution < 1.29 is 0 Å². The molecule has 0 saturated carbocycles. The summed E-state index contributed by atoms with van der Waals surface area (Å²) in [5.41, 5.74) is 0. The van der Waals surface area contributed by atoms with Gasteiger partial charge in [0.1, 0.15) is 0 Å². The van der Waals surface area contributed by atoms with E-state index >= 15 is 0 Å². The average molecular weight is 141 g/mol. The van der Waals surface area contributed by atoms with Crippen LogP contribution in [0, 0.1) is 11.8 Å². The molecule has 60 valence electrons. The Hall–Kier alpha value is -0.0400. The van der Waals surface area contributed by atoms with Gasteiger partial charge in [0.2, 0.25) is 0 Å². The molecule has 0 aromatic heterocycles. The third-order valence-corrected chi connectivity index (χ3v) is 3.01. The third-order valence-electron chi connectivity index (χ3n) is 3.01. The first-order valence-electron chi connectivity index (χ1n) is 4.31. The number of rotatable bonds is 0. The standard InChI is InChI=1S/C9H19N/c1-7-5-9(3)10(4)6-8(7)2/h7-9H,5-6H2,1-4H3/t7-,8+,9+/m0/s1. The lowest BCUT2D eigenvalue weighted by Crippen LogP contribution is -2.41. The molecule has 0 spiro atoms. The summed E-state index contributed by atoms with van der Waals surface area (Å²) >= 11 is 0. The van der Waals surface area contributed by atoms with E-state index in [1.165, 1.54) is 13.0 Å². The highest BCUT2D eigenvalue weighted by atomic mass is 15.1. The van der Waals surface area contributed by atoms with Gasteiger partial charge < -0.3 is 4.90 Å². The van der Waals surface area contributed by atoms with Crippen LogP contribution in [-0.2, 0) is 0 Å². The second-order valence-electron chi connectivity index (χ2n) is 3.98. The summed E-state index contributed by atoms with van der Waals surface area (Å²) in [4.78, 5) is 2.46. The number of nitrogens with zero attached hydrogens (tertiary/aromatic N) is 1. The first kappa shape index (κ1) is 8.06. The maximum absolute atomic E-state index is 2.46. The molecule has 0 aliphatic carbocycles. The van der Waals surface area contributed by atoms with Crippen molar-refractivity contribution in [2.24, 2.45) is 11.8 Å². The van der Waals surface area contributed by atoms with Gasteiger partial charge in [0.25, 0.3) is 0 Å². The Morgan fingerprint density at radius 2 is 1.70 bits per heavy atom. The first-order chi connectivity index (χ1) is 4.61. The van der Waals surface area contributed by atoms with Gasteiger partial charge in [0.15, 0.2) is 0 Å². The Kier molecular flexibility index (Phi) is 2.35. The van der Waals surface area contributed by atoms with Gasteiger partial charge in [-0.15, -0.1) is 0 Å². The fourth-order valence-electron chi connectivity index (χ4n) is 1.76. The van der Waals surface area contributed by atoms with Crippen LogP contribution in [0.15, 0.2) is 0 Å². The van der Waals surface area contributed by atoms with E-state index in [-0.39, 0.29) is 0 Å². The molecule has 0 aromatic carbocycles. The Labute approximate surface area is 64.4 Å². The molecular weight excluding hydrogens is 122 g/mol. The van der Waals surface area contributed by atoms with Crippen molar-refractivity contribution >= 4 is 0 Å². The summed E-state index contributed by atoms with van der Waals surface area (Å²) in [6, 6.07) is 0.797. The zero-order valence-electron chi connectivity index (χ0n) is 7.59. The van der Waals surface area contributed by atoms with E-state index in [0.29, 0.717) is 0 Å². The van der Waals surface area contributed by atoms with Crippen LogP contribution in [0.2, 0.25) is 0 Å². The van der Waals surface area contributed by atoms with Crippen molar-refractivity contribution in [3.8, 4) is 0 Å². The van der Waals surface area contributed by atoms with Gasteiger partial charge in [-0.1, -0.05) is 13.8 Å². The van der Waals surface area contributed by atoms with E-state index in [1.54, 1.807) is 0 Å². The summed E-state index contributed by atoms with van der Waals surface area (Å²) in [5, 5.41) is 0. The SMILES string of the molecule is C[C@@H]1CN(C)[C@H](C)C[C@@H]1C. The molecule has 0 N–H and O–H groups in total. The molecule has 1 heteroatoms. The molecule has 1 heterocycles. The van der Waals surface area contributed by atoms with E-state index < -0.39 is 0 Å². The highest BCUT2D eigenvalue weighted by Crippen LogP contribution is 2.25. The molecule has 1 saturated heterocycles. The van der Waals surface area contributed by atoms with Gasteiger partial charge in [0.05, 0.1) is 0 Å². The highest BCUT2D eigenvalue weighted by molar-refractivity contribution is 4.78. The Morgan fingerprint density at radius 3 is 2.20 bits per heavy atom. The van der Waals surface area contributed by atoms with Crippen LogP contribution in [-0.4, -0.2) is 24.5 Å². The molecule has 0 radical (unpaired) electrons. The molecule has 1 fully saturated rings. The van der Waals surface area contributed by atoms with Gasteiger partial charge in [-0.3, -0.25) is 0 Å². The molecule has 1 nitrogen and oxygen atoms in total. The van der Waals surface area contributed by atoms with E-state index in [0.717, 1.165) is 17.9 Å². The fraction of sp³-hybridized carbons (Fsp3) is 1.00. The molecule has 0 aromatic rings. The molecule has 10 heavy (non-hydrogen) atoms. The highest BCUT2D eigenvalue weighted by Gasteiger charge is 2.25. The normalized spacial score (nSPS) is 43.8. The lowest BCUT2D eigenvalue weighted by atomic mass is 9.85. The topological polar surface area (TPSA) is 3.24 Å². The first-order valence-corrected chi connectivity index (χ1v) is 4.31. The van der Waals surface area contributed by atoms with E-state index in [9.17, 15) is 0 Å². The molecule has 0 unspecified atom stereocenters. The maximum Gasteiger partial charge on any atom is 0.00666 e. The van der Waals surface area contributed by atoms with Crippen LogP contribution < -0.4 is 0 Å². The van der Waals surface area contributed by atoms with Crippen molar-refractivity contribution in [1.29, 1.82) is 0 Å². The van der Waals surface area contributed by atoms with Crippen molar-refractivity contribution in [3.05, 3.63) is 0 Å². The van der Waals surface area contributed by atoms with Crippen LogP contribution in [0.4, 0.5) is 0 Å². The number of hydrogen-bond donors (Lipinski definition) is 0. The lowest BCUT2D eigenvalue weighted by molar-refractivity contribution is 0.112. The minimum Gasteiger partial charge on any atom is -0.303 e. The predicted molar refractivity (Wildman–Crippen MR) is 45.0 cm³/mol. The van der Waals surface area contributed by atoms with Crippen molar-refractivity contribution in [2.75, 3.05) is 13.6 Å². The van der Waals surface area contributed by atoms with Crippen LogP contribution in [0.3, 0.4) is 0 Å². The van der Waals surface area contributed by atoms with Crippen LogP contribution in [0.25, 0.3) is 0 Å². The zero-order chi connectivity index (χ0) is 7.72. The predicted octanol–water partition coefficient (Wildman–Crippen LogP) is 1.98. The Morgan fingerprint density at radius 1 is 1.10 bits per heavy atom. The molecule has 1 aliphatic rings. The number of hydrogen-bond acceptors (Lipinski definition) is 1. The molecule has 1 rings (SSSR count). The minimum absolute atomic E-state index is 0.797. The lowest BCUT2D eigenvalue weighted by Gasteiger charge is -2.38. The van der Waals surface area contributed by atoms with Gasteiger partial charge in [0, 0.05) is 12.6 Å². The summed E-state index contributed by atoms with van der Waals surface area (Å²) in [6.45, 7) is 8.33. The summed E-state index contributed by atoms with van der Waals surface area (Å²) in [7, 11) is 2.23. The summed E-state index contributed by atoms with van der Waals surface area (Å²) in [5.74, 6) is 1.81. The second kappa shape index (κ2) is 2.91. The van der Waals surface area contributed by atoms with Gasteiger partial charge in [-0.25, -0.2) is 0 Å². The quantitative estimate of drug-likeness (QED) is 0.498. The summed E-state index contributed by atoms with van der Waals surface area (Å²) < 4.78 is 0. The van der Waals surface area contributed by atoms with E-state index in [1.807, 2.05) is 0 Å². The average Bonchev–Trinajstić information content (AvgIpc) is 1.84. The Bertz CT molecular complexity index is 85.3. The molecule has 1 aliphatic heterocycles. The van der Waals surface area contributed by atoms with Crippen LogP contribution >= 0.6 is 0 Å². The monoisotopic (exact) mass is 141 g/mol. The van der Waals surface area contributed by atoms with E-state index in [4.69, 9.17) is 0 Å². The smallest absolute Gasteiger partial charge is 0.00666 e. The summed E-state index contributed by atoms with van der Waals surface area (Å²) in [6.07, 6.45) is 1.37. The molecular formula is C9H19N. The maximum atomic E-state index is 2.46. The third kappa shape index (κ3) is 1.51. The molecule has 0 bridgehead atoms. The Balaban J connectivity index is 2.46. The largest absolute Gasteiger partial charge is 0.303 e. The van der Waals surface area contributed by atoms with Crippen molar-refractivity contribution in [2.45, 2.75) is 33.2 Å². The molecule has 0 amide bonds. The zero-order valence-corrected chi connectivity index (χ0v) is 7.59. The van der Waals surface area contributed by atoms with Gasteiger partial charge >= 0.3 is 0 Å². The number of piperidine rings is 1.